The summed E-state index contributed by atoms with van der Waals surface area (Å²) in [4.78, 5) is 29.9. The van der Waals surface area contributed by atoms with Crippen LogP contribution in [0.3, 0.4) is 0 Å². The largest absolute Gasteiger partial charge is 0.497 e. The first kappa shape index (κ1) is 27.6. The van der Waals surface area contributed by atoms with Crippen LogP contribution in [0.5, 0.6) is 17.2 Å². The highest BCUT2D eigenvalue weighted by molar-refractivity contribution is 5.94. The minimum Gasteiger partial charge on any atom is -0.497 e. The van der Waals surface area contributed by atoms with E-state index in [2.05, 4.69) is 0 Å². The summed E-state index contributed by atoms with van der Waals surface area (Å²) in [6, 6.07) is 18.6. The molecule has 5 rings (SSSR count). The Hall–Kier alpha value is -4.01. The minimum atomic E-state index is -4.40. The number of benzene rings is 3. The molecule has 1 unspecified atom stereocenters. The molecule has 2 amide bonds. The number of halogens is 3. The van der Waals surface area contributed by atoms with Gasteiger partial charge in [-0.25, -0.2) is 0 Å². The highest BCUT2D eigenvalue weighted by Crippen LogP contribution is 2.42. The third-order valence-corrected chi connectivity index (χ3v) is 7.98. The highest BCUT2D eigenvalue weighted by atomic mass is 19.4. The first-order chi connectivity index (χ1) is 19.1. The molecule has 0 saturated carbocycles. The summed E-state index contributed by atoms with van der Waals surface area (Å²) in [5.74, 6) is 1.28. The molecule has 9 heteroatoms. The number of carbonyl (C=O) groups excluding carboxylic acids is 2. The number of rotatable bonds is 6. The van der Waals surface area contributed by atoms with Crippen molar-refractivity contribution in [1.82, 2.24) is 9.80 Å². The van der Waals surface area contributed by atoms with Crippen molar-refractivity contribution in [3.05, 3.63) is 89.5 Å². The number of methoxy groups -OCH3 is 1. The molecule has 2 heterocycles. The molecule has 6 nitrogen and oxygen atoms in total. The van der Waals surface area contributed by atoms with Crippen LogP contribution in [0.15, 0.2) is 72.8 Å². The second-order valence-electron chi connectivity index (χ2n) is 10.6. The van der Waals surface area contributed by atoms with Gasteiger partial charge >= 0.3 is 6.18 Å². The quantitative estimate of drug-likeness (QED) is 0.356. The summed E-state index contributed by atoms with van der Waals surface area (Å²) in [5.41, 5.74) is 0.802. The van der Waals surface area contributed by atoms with E-state index in [1.807, 2.05) is 41.0 Å². The van der Waals surface area contributed by atoms with Gasteiger partial charge in [0.25, 0.3) is 5.91 Å². The van der Waals surface area contributed by atoms with E-state index in [-0.39, 0.29) is 28.9 Å². The van der Waals surface area contributed by atoms with Crippen molar-refractivity contribution in [2.75, 3.05) is 33.3 Å². The molecular formula is C31H31F3N2O4. The van der Waals surface area contributed by atoms with Gasteiger partial charge in [0.15, 0.2) is 0 Å². The van der Waals surface area contributed by atoms with Crippen LogP contribution in [0.2, 0.25) is 0 Å². The normalized spacial score (nSPS) is 17.2. The van der Waals surface area contributed by atoms with Gasteiger partial charge in [-0.3, -0.25) is 9.59 Å². The van der Waals surface area contributed by atoms with Crippen LogP contribution < -0.4 is 9.47 Å². The Morgan fingerprint density at radius 3 is 1.85 bits per heavy atom. The van der Waals surface area contributed by atoms with E-state index in [4.69, 9.17) is 9.47 Å². The molecule has 2 aliphatic heterocycles. The molecule has 3 aromatic rings. The van der Waals surface area contributed by atoms with Gasteiger partial charge in [-0.2, -0.15) is 13.2 Å². The number of hydrogen-bond acceptors (Lipinski definition) is 4. The van der Waals surface area contributed by atoms with Gasteiger partial charge in [-0.1, -0.05) is 12.1 Å². The molecule has 0 bridgehead atoms. The zero-order valence-corrected chi connectivity index (χ0v) is 22.4. The Bertz CT molecular complexity index is 1340. The molecule has 1 atom stereocenters. The molecule has 0 aliphatic carbocycles. The second-order valence-corrected chi connectivity index (χ2v) is 10.6. The third-order valence-electron chi connectivity index (χ3n) is 7.98. The van der Waals surface area contributed by atoms with E-state index < -0.39 is 11.7 Å². The van der Waals surface area contributed by atoms with E-state index in [0.717, 1.165) is 36.3 Å². The summed E-state index contributed by atoms with van der Waals surface area (Å²) in [6.07, 6.45) is -2.72. The van der Waals surface area contributed by atoms with Gasteiger partial charge in [-0.05, 0) is 86.0 Å². The lowest BCUT2D eigenvalue weighted by Gasteiger charge is -2.54. The number of carbonyl (C=O) groups is 2. The van der Waals surface area contributed by atoms with Gasteiger partial charge in [-0.15, -0.1) is 0 Å². The molecule has 1 spiro atoms. The second kappa shape index (κ2) is 10.9. The predicted molar refractivity (Wildman–Crippen MR) is 144 cm³/mol. The average molecular weight is 553 g/mol. The molecule has 0 radical (unpaired) electrons. The van der Waals surface area contributed by atoms with Crippen LogP contribution in [0, 0.1) is 5.41 Å². The van der Waals surface area contributed by atoms with Crippen molar-refractivity contribution in [1.29, 1.82) is 0 Å². The third kappa shape index (κ3) is 5.78. The van der Waals surface area contributed by atoms with Crippen molar-refractivity contribution in [2.24, 2.45) is 5.41 Å². The number of alkyl halides is 3. The van der Waals surface area contributed by atoms with Crippen LogP contribution in [-0.2, 0) is 11.0 Å². The summed E-state index contributed by atoms with van der Waals surface area (Å²) in [6.45, 7) is 4.60. The number of hydrogen-bond donors (Lipinski definition) is 0. The van der Waals surface area contributed by atoms with E-state index in [0.29, 0.717) is 37.5 Å². The lowest BCUT2D eigenvalue weighted by Crippen LogP contribution is -2.62. The maximum Gasteiger partial charge on any atom is 0.416 e. The van der Waals surface area contributed by atoms with Crippen LogP contribution in [0.25, 0.3) is 0 Å². The Kier molecular flexibility index (Phi) is 7.49. The standard InChI is InChI=1S/C31H31F3N2O4/c1-21(22-3-9-25(39-2)10-4-22)28(37)36-19-30(20-36)15-17-35(18-16-30)29(38)23-5-11-26(12-6-23)40-27-13-7-24(8-14-27)31(32,33)34/h3-14,21H,15-20H2,1-2H3. The number of amides is 2. The fraction of sp³-hybridized carbons (Fsp3) is 0.355. The molecule has 0 aromatic heterocycles. The molecule has 0 N–H and O–H groups in total. The van der Waals surface area contributed by atoms with Crippen molar-refractivity contribution < 1.29 is 32.2 Å². The maximum absolute atomic E-state index is 13.1. The van der Waals surface area contributed by atoms with Gasteiger partial charge in [0.05, 0.1) is 18.6 Å². The lowest BCUT2D eigenvalue weighted by atomic mass is 9.71. The molecule has 210 valence electrons. The average Bonchev–Trinajstić information content (AvgIpc) is 2.95. The van der Waals surface area contributed by atoms with Crippen molar-refractivity contribution in [2.45, 2.75) is 31.9 Å². The van der Waals surface area contributed by atoms with Crippen molar-refractivity contribution >= 4 is 11.8 Å². The van der Waals surface area contributed by atoms with Gasteiger partial charge in [0.1, 0.15) is 17.2 Å². The monoisotopic (exact) mass is 552 g/mol. The first-order valence-electron chi connectivity index (χ1n) is 13.2. The fourth-order valence-electron chi connectivity index (χ4n) is 5.42. The zero-order chi connectivity index (χ0) is 28.5. The van der Waals surface area contributed by atoms with Crippen LogP contribution in [0.1, 0.15) is 47.2 Å². The summed E-state index contributed by atoms with van der Waals surface area (Å²) >= 11 is 0. The molecule has 2 fully saturated rings. The number of ether oxygens (including phenoxy) is 2. The molecule has 40 heavy (non-hydrogen) atoms. The van der Waals surface area contributed by atoms with Crippen molar-refractivity contribution in [3.8, 4) is 17.2 Å². The Morgan fingerprint density at radius 1 is 0.800 bits per heavy atom. The van der Waals surface area contributed by atoms with Gasteiger partial charge < -0.3 is 19.3 Å². The lowest BCUT2D eigenvalue weighted by molar-refractivity contribution is -0.147. The SMILES string of the molecule is COc1ccc(C(C)C(=O)N2CC3(CCN(C(=O)c4ccc(Oc5ccc(C(F)(F)F)cc5)cc4)CC3)C2)cc1. The van der Waals surface area contributed by atoms with Crippen LogP contribution >= 0.6 is 0 Å². The first-order valence-corrected chi connectivity index (χ1v) is 13.2. The van der Waals surface area contributed by atoms with E-state index >= 15 is 0 Å². The number of nitrogens with zero attached hydrogens (tertiary/aromatic N) is 2. The summed E-state index contributed by atoms with van der Waals surface area (Å²) in [5, 5.41) is 0. The molecule has 3 aromatic carbocycles. The Morgan fingerprint density at radius 2 is 1.32 bits per heavy atom. The Balaban J connectivity index is 1.10. The van der Waals surface area contributed by atoms with E-state index in [9.17, 15) is 22.8 Å². The smallest absolute Gasteiger partial charge is 0.416 e. The van der Waals surface area contributed by atoms with Gasteiger partial charge in [0, 0.05) is 37.2 Å². The predicted octanol–water partition coefficient (Wildman–Crippen LogP) is 6.37. The number of piperidine rings is 1. The Labute approximate surface area is 231 Å². The van der Waals surface area contributed by atoms with E-state index in [1.165, 1.54) is 12.1 Å². The fourth-order valence-corrected chi connectivity index (χ4v) is 5.42. The zero-order valence-electron chi connectivity index (χ0n) is 22.4. The molecule has 2 aliphatic rings. The summed E-state index contributed by atoms with van der Waals surface area (Å²) in [7, 11) is 1.61. The maximum atomic E-state index is 13.1. The minimum absolute atomic E-state index is 0.0609. The van der Waals surface area contributed by atoms with Crippen LogP contribution in [-0.4, -0.2) is 54.9 Å². The molecular weight excluding hydrogens is 521 g/mol. The van der Waals surface area contributed by atoms with Gasteiger partial charge in [0.2, 0.25) is 5.91 Å². The summed E-state index contributed by atoms with van der Waals surface area (Å²) < 4.78 is 49.1. The van der Waals surface area contributed by atoms with E-state index in [1.54, 1.807) is 31.4 Å². The van der Waals surface area contributed by atoms with Crippen molar-refractivity contribution in [3.63, 3.8) is 0 Å². The highest BCUT2D eigenvalue weighted by Gasteiger charge is 2.48. The van der Waals surface area contributed by atoms with Crippen LogP contribution in [0.4, 0.5) is 13.2 Å². The molecule has 2 saturated heterocycles. The number of likely N-dealkylation sites (tertiary alicyclic amines) is 2. The topological polar surface area (TPSA) is 59.1 Å².